The first-order valence-electron chi connectivity index (χ1n) is 4.18. The fraction of sp³-hybridized carbons (Fsp3) is 0.400. The van der Waals surface area contributed by atoms with Crippen molar-refractivity contribution in [2.24, 2.45) is 0 Å². The number of rotatable bonds is 3. The molecule has 66 valence electrons. The van der Waals surface area contributed by atoms with Crippen LogP contribution in [0.2, 0.25) is 0 Å². The first kappa shape index (κ1) is 9.07. The minimum Gasteiger partial charge on any atom is -0.508 e. The second-order valence-corrected chi connectivity index (χ2v) is 2.94. The van der Waals surface area contributed by atoms with Crippen LogP contribution in [0.5, 0.6) is 5.75 Å². The summed E-state index contributed by atoms with van der Waals surface area (Å²) in [5.74, 6) is 0.260. The summed E-state index contributed by atoms with van der Waals surface area (Å²) in [6.45, 7) is 1.94. The number of aromatic hydroxyl groups is 1. The maximum Gasteiger partial charge on any atom is 0.115 e. The predicted octanol–water partition coefficient (Wildman–Crippen LogP) is 1.71. The average molecular weight is 166 g/mol. The van der Waals surface area contributed by atoms with Crippen molar-refractivity contribution in [2.45, 2.75) is 25.9 Å². The van der Waals surface area contributed by atoms with E-state index in [2.05, 4.69) is 0 Å². The summed E-state index contributed by atoms with van der Waals surface area (Å²) >= 11 is 0. The van der Waals surface area contributed by atoms with Gasteiger partial charge in [-0.3, -0.25) is 0 Å². The smallest absolute Gasteiger partial charge is 0.115 e. The van der Waals surface area contributed by atoms with E-state index in [1.807, 2.05) is 13.0 Å². The van der Waals surface area contributed by atoms with E-state index in [-0.39, 0.29) is 11.9 Å². The molecule has 0 spiro atoms. The van der Waals surface area contributed by atoms with Crippen molar-refractivity contribution >= 4 is 0 Å². The lowest BCUT2D eigenvalue weighted by Crippen LogP contribution is -2.07. The molecule has 0 radical (unpaired) electrons. The zero-order chi connectivity index (χ0) is 8.97. The summed E-state index contributed by atoms with van der Waals surface area (Å²) in [6.07, 6.45) is 1.06. The number of aliphatic hydroxyl groups excluding tert-OH is 1. The van der Waals surface area contributed by atoms with Crippen LogP contribution in [0.1, 0.15) is 18.9 Å². The van der Waals surface area contributed by atoms with Crippen LogP contribution in [0, 0.1) is 0 Å². The Kier molecular flexibility index (Phi) is 3.11. The van der Waals surface area contributed by atoms with Crippen LogP contribution < -0.4 is 0 Å². The van der Waals surface area contributed by atoms with E-state index in [1.165, 1.54) is 0 Å². The lowest BCUT2D eigenvalue weighted by atomic mass is 10.1. The van der Waals surface area contributed by atoms with Crippen molar-refractivity contribution in [1.82, 2.24) is 0 Å². The molecule has 0 amide bonds. The van der Waals surface area contributed by atoms with Gasteiger partial charge in [0, 0.05) is 0 Å². The van der Waals surface area contributed by atoms with Crippen molar-refractivity contribution < 1.29 is 10.2 Å². The Morgan fingerprint density at radius 2 is 2.17 bits per heavy atom. The van der Waals surface area contributed by atoms with Gasteiger partial charge in [0.15, 0.2) is 0 Å². The van der Waals surface area contributed by atoms with E-state index in [0.29, 0.717) is 6.42 Å². The third-order valence-electron chi connectivity index (χ3n) is 1.85. The zero-order valence-corrected chi connectivity index (χ0v) is 7.20. The highest BCUT2D eigenvalue weighted by Gasteiger charge is 2.02. The molecule has 0 fully saturated rings. The van der Waals surface area contributed by atoms with Crippen LogP contribution in [-0.4, -0.2) is 16.3 Å². The standard InChI is InChI=1S/C10H14O2/c1-2-9(11)6-8-4-3-5-10(12)7-8/h3-5,7,9,11-12H,2,6H2,1H3. The fourth-order valence-corrected chi connectivity index (χ4v) is 1.10. The predicted molar refractivity (Wildman–Crippen MR) is 48.1 cm³/mol. The van der Waals surface area contributed by atoms with Crippen LogP contribution in [0.25, 0.3) is 0 Å². The molecule has 2 N–H and O–H groups in total. The molecule has 1 unspecified atom stereocenters. The highest BCUT2D eigenvalue weighted by Crippen LogP contribution is 2.13. The average Bonchev–Trinajstić information content (AvgIpc) is 2.04. The quantitative estimate of drug-likeness (QED) is 0.717. The van der Waals surface area contributed by atoms with Crippen molar-refractivity contribution in [3.63, 3.8) is 0 Å². The van der Waals surface area contributed by atoms with Crippen LogP contribution in [-0.2, 0) is 6.42 Å². The minimum atomic E-state index is -0.299. The molecule has 1 aromatic rings. The SMILES string of the molecule is CCC(O)Cc1cccc(O)c1. The van der Waals surface area contributed by atoms with Gasteiger partial charge in [0.2, 0.25) is 0 Å². The Morgan fingerprint density at radius 1 is 1.42 bits per heavy atom. The van der Waals surface area contributed by atoms with Gasteiger partial charge < -0.3 is 10.2 Å². The van der Waals surface area contributed by atoms with Crippen LogP contribution >= 0.6 is 0 Å². The molecule has 1 rings (SSSR count). The summed E-state index contributed by atoms with van der Waals surface area (Å²) in [5, 5.41) is 18.4. The maximum atomic E-state index is 9.32. The van der Waals surface area contributed by atoms with Gasteiger partial charge in [-0.25, -0.2) is 0 Å². The molecule has 0 aliphatic rings. The number of phenols is 1. The van der Waals surface area contributed by atoms with Gasteiger partial charge in [-0.15, -0.1) is 0 Å². The minimum absolute atomic E-state index is 0.260. The number of hydrogen-bond donors (Lipinski definition) is 2. The molecule has 12 heavy (non-hydrogen) atoms. The van der Waals surface area contributed by atoms with Gasteiger partial charge in [0.25, 0.3) is 0 Å². The lowest BCUT2D eigenvalue weighted by molar-refractivity contribution is 0.171. The number of phenolic OH excluding ortho intramolecular Hbond substituents is 1. The van der Waals surface area contributed by atoms with E-state index >= 15 is 0 Å². The summed E-state index contributed by atoms with van der Waals surface area (Å²) in [4.78, 5) is 0. The third-order valence-corrected chi connectivity index (χ3v) is 1.85. The largest absolute Gasteiger partial charge is 0.508 e. The Bertz CT molecular complexity index is 245. The Hall–Kier alpha value is -1.02. The van der Waals surface area contributed by atoms with Crippen molar-refractivity contribution in [2.75, 3.05) is 0 Å². The molecule has 0 heterocycles. The number of aliphatic hydroxyl groups is 1. The molecule has 0 saturated heterocycles. The van der Waals surface area contributed by atoms with Gasteiger partial charge in [-0.2, -0.15) is 0 Å². The van der Waals surface area contributed by atoms with Crippen molar-refractivity contribution in [3.8, 4) is 5.75 Å². The van der Waals surface area contributed by atoms with Crippen LogP contribution in [0.4, 0.5) is 0 Å². The molecule has 2 nitrogen and oxygen atoms in total. The van der Waals surface area contributed by atoms with E-state index in [0.717, 1.165) is 12.0 Å². The number of hydrogen-bond acceptors (Lipinski definition) is 2. The first-order valence-corrected chi connectivity index (χ1v) is 4.18. The van der Waals surface area contributed by atoms with Crippen LogP contribution in [0.15, 0.2) is 24.3 Å². The van der Waals surface area contributed by atoms with E-state index in [1.54, 1.807) is 18.2 Å². The summed E-state index contributed by atoms with van der Waals surface area (Å²) < 4.78 is 0. The molecule has 0 saturated carbocycles. The lowest BCUT2D eigenvalue weighted by Gasteiger charge is -2.07. The molecule has 0 aliphatic heterocycles. The van der Waals surface area contributed by atoms with Crippen molar-refractivity contribution in [3.05, 3.63) is 29.8 Å². The van der Waals surface area contributed by atoms with Gasteiger partial charge >= 0.3 is 0 Å². The van der Waals surface area contributed by atoms with Gasteiger partial charge in [0.1, 0.15) is 5.75 Å². The molecule has 0 aromatic heterocycles. The van der Waals surface area contributed by atoms with Gasteiger partial charge in [-0.05, 0) is 30.5 Å². The molecule has 1 atom stereocenters. The Morgan fingerprint density at radius 3 is 2.75 bits per heavy atom. The normalized spacial score (nSPS) is 12.8. The second-order valence-electron chi connectivity index (χ2n) is 2.94. The maximum absolute atomic E-state index is 9.32. The molecule has 2 heteroatoms. The van der Waals surface area contributed by atoms with Crippen LogP contribution in [0.3, 0.4) is 0 Å². The first-order chi connectivity index (χ1) is 5.72. The zero-order valence-electron chi connectivity index (χ0n) is 7.20. The number of benzene rings is 1. The molecule has 0 aliphatic carbocycles. The van der Waals surface area contributed by atoms with Gasteiger partial charge in [0.05, 0.1) is 6.10 Å². The molecule has 1 aromatic carbocycles. The Balaban J connectivity index is 2.63. The van der Waals surface area contributed by atoms with Gasteiger partial charge in [-0.1, -0.05) is 19.1 Å². The van der Waals surface area contributed by atoms with E-state index in [4.69, 9.17) is 5.11 Å². The molecule has 0 bridgehead atoms. The topological polar surface area (TPSA) is 40.5 Å². The fourth-order valence-electron chi connectivity index (χ4n) is 1.10. The summed E-state index contributed by atoms with van der Waals surface area (Å²) in [6, 6.07) is 6.99. The highest BCUT2D eigenvalue weighted by atomic mass is 16.3. The van der Waals surface area contributed by atoms with E-state index in [9.17, 15) is 5.11 Å². The third kappa shape index (κ3) is 2.55. The molecular formula is C10H14O2. The van der Waals surface area contributed by atoms with Crippen molar-refractivity contribution in [1.29, 1.82) is 0 Å². The summed E-state index contributed by atoms with van der Waals surface area (Å²) in [5.41, 5.74) is 0.976. The molecular weight excluding hydrogens is 152 g/mol. The van der Waals surface area contributed by atoms with E-state index < -0.39 is 0 Å². The Labute approximate surface area is 72.5 Å². The highest BCUT2D eigenvalue weighted by molar-refractivity contribution is 5.27. The summed E-state index contributed by atoms with van der Waals surface area (Å²) in [7, 11) is 0. The second kappa shape index (κ2) is 4.12. The monoisotopic (exact) mass is 166 g/mol.